The fourth-order valence-electron chi connectivity index (χ4n) is 2.15. The Morgan fingerprint density at radius 2 is 2.15 bits per heavy atom. The minimum absolute atomic E-state index is 0.159. The lowest BCUT2D eigenvalue weighted by atomic mass is 9.99. The van der Waals surface area contributed by atoms with E-state index in [0.29, 0.717) is 11.6 Å². The van der Waals surface area contributed by atoms with Crippen molar-refractivity contribution in [3.05, 3.63) is 51.8 Å². The molecule has 0 saturated carbocycles. The van der Waals surface area contributed by atoms with Gasteiger partial charge in [0.15, 0.2) is 0 Å². The number of hydrogen-bond acceptors (Lipinski definition) is 3. The van der Waals surface area contributed by atoms with Crippen LogP contribution in [0.15, 0.2) is 18.2 Å². The van der Waals surface area contributed by atoms with Crippen LogP contribution < -0.4 is 11.3 Å². The smallest absolute Gasteiger partial charge is 0.130 e. The number of rotatable bonds is 4. The van der Waals surface area contributed by atoms with E-state index in [-0.39, 0.29) is 5.56 Å². The zero-order valence-electron chi connectivity index (χ0n) is 11.1. The van der Waals surface area contributed by atoms with Crippen molar-refractivity contribution in [3.8, 4) is 0 Å². The quantitative estimate of drug-likeness (QED) is 0.673. The SMILES string of the molecule is Cc1nn(C)c(Cl)c1CC(NN)c1cc(F)ccc1F. The normalized spacial score (nSPS) is 12.7. The molecule has 1 aromatic carbocycles. The van der Waals surface area contributed by atoms with Crippen molar-refractivity contribution in [1.82, 2.24) is 15.2 Å². The maximum atomic E-state index is 13.8. The maximum absolute atomic E-state index is 13.8. The maximum Gasteiger partial charge on any atom is 0.130 e. The molecule has 20 heavy (non-hydrogen) atoms. The second kappa shape index (κ2) is 5.87. The molecule has 0 saturated heterocycles. The zero-order valence-corrected chi connectivity index (χ0v) is 11.9. The summed E-state index contributed by atoms with van der Waals surface area (Å²) >= 11 is 6.14. The topological polar surface area (TPSA) is 55.9 Å². The van der Waals surface area contributed by atoms with Gasteiger partial charge in [-0.15, -0.1) is 0 Å². The van der Waals surface area contributed by atoms with Crippen LogP contribution >= 0.6 is 11.6 Å². The molecule has 2 rings (SSSR count). The Kier molecular flexibility index (Phi) is 4.37. The van der Waals surface area contributed by atoms with E-state index in [9.17, 15) is 8.78 Å². The fraction of sp³-hybridized carbons (Fsp3) is 0.308. The standard InChI is InChI=1S/C13H15ClF2N4/c1-7-9(13(14)20(2)19-7)6-12(18-17)10-5-8(15)3-4-11(10)16/h3-5,12,18H,6,17H2,1-2H3. The van der Waals surface area contributed by atoms with Crippen LogP contribution in [-0.2, 0) is 13.5 Å². The van der Waals surface area contributed by atoms with Gasteiger partial charge in [0.2, 0.25) is 0 Å². The van der Waals surface area contributed by atoms with Crippen LogP contribution in [0.1, 0.15) is 22.9 Å². The third-order valence-electron chi connectivity index (χ3n) is 3.21. The number of nitrogens with one attached hydrogen (secondary N) is 1. The van der Waals surface area contributed by atoms with Crippen molar-refractivity contribution in [2.24, 2.45) is 12.9 Å². The number of nitrogens with two attached hydrogens (primary N) is 1. The highest BCUT2D eigenvalue weighted by atomic mass is 35.5. The molecular weight excluding hydrogens is 286 g/mol. The summed E-state index contributed by atoms with van der Waals surface area (Å²) in [5, 5.41) is 4.64. The monoisotopic (exact) mass is 300 g/mol. The predicted octanol–water partition coefficient (Wildman–Crippen LogP) is 2.41. The molecule has 2 aromatic rings. The van der Waals surface area contributed by atoms with Gasteiger partial charge in [-0.2, -0.15) is 5.10 Å². The molecule has 1 unspecified atom stereocenters. The van der Waals surface area contributed by atoms with Crippen molar-refractivity contribution >= 4 is 11.6 Å². The molecule has 4 nitrogen and oxygen atoms in total. The van der Waals surface area contributed by atoms with Gasteiger partial charge >= 0.3 is 0 Å². The summed E-state index contributed by atoms with van der Waals surface area (Å²) in [5.41, 5.74) is 4.14. The molecule has 0 fully saturated rings. The van der Waals surface area contributed by atoms with Gasteiger partial charge < -0.3 is 0 Å². The minimum Gasteiger partial charge on any atom is -0.271 e. The Labute approximate surface area is 120 Å². The first-order valence-electron chi connectivity index (χ1n) is 6.03. The number of nitrogens with zero attached hydrogens (tertiary/aromatic N) is 2. The summed E-state index contributed by atoms with van der Waals surface area (Å²) in [6.45, 7) is 1.80. The van der Waals surface area contributed by atoms with Crippen LogP contribution in [0.3, 0.4) is 0 Å². The van der Waals surface area contributed by atoms with Crippen LogP contribution in [0.4, 0.5) is 8.78 Å². The molecule has 0 spiro atoms. The molecule has 7 heteroatoms. The Morgan fingerprint density at radius 3 is 2.70 bits per heavy atom. The lowest BCUT2D eigenvalue weighted by molar-refractivity contribution is 0.502. The van der Waals surface area contributed by atoms with Crippen LogP contribution in [0.25, 0.3) is 0 Å². The largest absolute Gasteiger partial charge is 0.271 e. The summed E-state index contributed by atoms with van der Waals surface area (Å²) in [6.07, 6.45) is 0.315. The Hall–Kier alpha value is -1.50. The van der Waals surface area contributed by atoms with E-state index in [1.807, 2.05) is 0 Å². The molecule has 1 heterocycles. The first-order chi connectivity index (χ1) is 9.43. The van der Waals surface area contributed by atoms with Gasteiger partial charge in [0, 0.05) is 18.2 Å². The van der Waals surface area contributed by atoms with Crippen LogP contribution in [-0.4, -0.2) is 9.78 Å². The van der Waals surface area contributed by atoms with E-state index >= 15 is 0 Å². The van der Waals surface area contributed by atoms with Crippen LogP contribution in [0.2, 0.25) is 5.15 Å². The zero-order chi connectivity index (χ0) is 14.9. The van der Waals surface area contributed by atoms with Crippen molar-refractivity contribution < 1.29 is 8.78 Å². The Bertz CT molecular complexity index is 627. The summed E-state index contributed by atoms with van der Waals surface area (Å²) in [6, 6.07) is 2.67. The van der Waals surface area contributed by atoms with Crippen molar-refractivity contribution in [3.63, 3.8) is 0 Å². The van der Waals surface area contributed by atoms with Gasteiger partial charge in [-0.25, -0.2) is 8.78 Å². The Balaban J connectivity index is 2.36. The summed E-state index contributed by atoms with van der Waals surface area (Å²) in [5.74, 6) is 4.43. The predicted molar refractivity (Wildman–Crippen MR) is 73.1 cm³/mol. The van der Waals surface area contributed by atoms with Gasteiger partial charge in [0.1, 0.15) is 16.8 Å². The first-order valence-corrected chi connectivity index (χ1v) is 6.41. The number of aryl methyl sites for hydroxylation is 2. The molecule has 1 aromatic heterocycles. The molecule has 108 valence electrons. The lowest BCUT2D eigenvalue weighted by Crippen LogP contribution is -2.30. The highest BCUT2D eigenvalue weighted by molar-refractivity contribution is 6.30. The summed E-state index contributed by atoms with van der Waals surface area (Å²) < 4.78 is 28.6. The second-order valence-electron chi connectivity index (χ2n) is 4.57. The van der Waals surface area contributed by atoms with E-state index in [1.165, 1.54) is 4.68 Å². The minimum atomic E-state index is -0.592. The number of hydrogen-bond donors (Lipinski definition) is 2. The van der Waals surface area contributed by atoms with Gasteiger partial charge in [-0.05, 0) is 31.5 Å². The average molecular weight is 301 g/mol. The third kappa shape index (κ3) is 2.82. The van der Waals surface area contributed by atoms with E-state index < -0.39 is 17.7 Å². The van der Waals surface area contributed by atoms with Gasteiger partial charge in [-0.1, -0.05) is 11.6 Å². The number of halogens is 3. The van der Waals surface area contributed by atoms with E-state index in [4.69, 9.17) is 17.4 Å². The number of aromatic nitrogens is 2. The highest BCUT2D eigenvalue weighted by Gasteiger charge is 2.20. The van der Waals surface area contributed by atoms with Crippen molar-refractivity contribution in [1.29, 1.82) is 0 Å². The lowest BCUT2D eigenvalue weighted by Gasteiger charge is -2.17. The molecule has 0 aliphatic heterocycles. The van der Waals surface area contributed by atoms with Crippen LogP contribution in [0.5, 0.6) is 0 Å². The van der Waals surface area contributed by atoms with Gasteiger partial charge in [0.05, 0.1) is 11.7 Å². The highest BCUT2D eigenvalue weighted by Crippen LogP contribution is 2.27. The summed E-state index contributed by atoms with van der Waals surface area (Å²) in [4.78, 5) is 0. The molecule has 3 N–H and O–H groups in total. The van der Waals surface area contributed by atoms with E-state index in [1.54, 1.807) is 14.0 Å². The number of hydrazine groups is 1. The van der Waals surface area contributed by atoms with E-state index in [0.717, 1.165) is 29.5 Å². The molecule has 1 atom stereocenters. The van der Waals surface area contributed by atoms with Gasteiger partial charge in [-0.3, -0.25) is 16.0 Å². The van der Waals surface area contributed by atoms with E-state index in [2.05, 4.69) is 10.5 Å². The van der Waals surface area contributed by atoms with Crippen LogP contribution in [0, 0.1) is 18.6 Å². The van der Waals surface area contributed by atoms with Crippen molar-refractivity contribution in [2.45, 2.75) is 19.4 Å². The molecule has 0 radical (unpaired) electrons. The first kappa shape index (κ1) is 14.9. The fourth-order valence-corrected chi connectivity index (χ4v) is 2.40. The van der Waals surface area contributed by atoms with Gasteiger partial charge in [0.25, 0.3) is 0 Å². The van der Waals surface area contributed by atoms with Crippen molar-refractivity contribution in [2.75, 3.05) is 0 Å². The molecule has 0 aliphatic carbocycles. The molecule has 0 bridgehead atoms. The summed E-state index contributed by atoms with van der Waals surface area (Å²) in [7, 11) is 1.71. The third-order valence-corrected chi connectivity index (χ3v) is 3.69. The average Bonchev–Trinajstić information content (AvgIpc) is 2.65. The molecule has 0 amide bonds. The number of benzene rings is 1. The Morgan fingerprint density at radius 1 is 1.45 bits per heavy atom. The second-order valence-corrected chi connectivity index (χ2v) is 4.93. The molecular formula is C13H15ClF2N4. The molecule has 0 aliphatic rings.